The number of esters is 1. The van der Waals surface area contributed by atoms with Crippen LogP contribution >= 0.6 is 0 Å². The molecule has 1 heterocycles. The molecule has 25 heavy (non-hydrogen) atoms. The predicted molar refractivity (Wildman–Crippen MR) is 96.7 cm³/mol. The van der Waals surface area contributed by atoms with Crippen LogP contribution in [-0.4, -0.2) is 38.1 Å². The van der Waals surface area contributed by atoms with E-state index in [1.54, 1.807) is 25.1 Å². The van der Waals surface area contributed by atoms with Gasteiger partial charge in [0.25, 0.3) is 5.91 Å². The molecule has 0 spiro atoms. The van der Waals surface area contributed by atoms with Gasteiger partial charge in [0.2, 0.25) is 0 Å². The van der Waals surface area contributed by atoms with Gasteiger partial charge in [-0.3, -0.25) is 4.79 Å². The number of nitrogens with one attached hydrogen (secondary N) is 2. The average Bonchev–Trinajstić information content (AvgIpc) is 2.62. The van der Waals surface area contributed by atoms with E-state index in [1.807, 2.05) is 6.07 Å². The summed E-state index contributed by atoms with van der Waals surface area (Å²) in [4.78, 5) is 25.9. The highest BCUT2D eigenvalue weighted by molar-refractivity contribution is 6.01. The Balaban J connectivity index is 1.57. The van der Waals surface area contributed by atoms with Crippen molar-refractivity contribution in [2.24, 2.45) is 11.8 Å². The molecule has 5 heteroatoms. The summed E-state index contributed by atoms with van der Waals surface area (Å²) in [6.45, 7) is 4.75. The fraction of sp³-hybridized carbons (Fsp3) is 0.600. The lowest BCUT2D eigenvalue weighted by atomic mass is 9.75. The quantitative estimate of drug-likeness (QED) is 0.802. The van der Waals surface area contributed by atoms with Gasteiger partial charge in [0, 0.05) is 5.92 Å². The molecule has 136 valence electrons. The Morgan fingerprint density at radius 3 is 2.72 bits per heavy atom. The second kappa shape index (κ2) is 8.48. The molecule has 1 aromatic carbocycles. The second-order valence-electron chi connectivity index (χ2n) is 7.29. The number of carbonyl (C=O) groups is 2. The van der Waals surface area contributed by atoms with Gasteiger partial charge in [-0.2, -0.15) is 0 Å². The monoisotopic (exact) mass is 345 g/mol. The summed E-state index contributed by atoms with van der Waals surface area (Å²) in [5.41, 5.74) is 0.955. The first-order chi connectivity index (χ1) is 12.2. The van der Waals surface area contributed by atoms with Crippen LogP contribution < -0.4 is 10.2 Å². The molecule has 3 rings (SSSR count). The van der Waals surface area contributed by atoms with Crippen molar-refractivity contribution in [3.63, 3.8) is 0 Å². The van der Waals surface area contributed by atoms with Crippen LogP contribution in [0.5, 0.6) is 0 Å². The lowest BCUT2D eigenvalue weighted by Gasteiger charge is -2.38. The van der Waals surface area contributed by atoms with Crippen molar-refractivity contribution in [1.82, 2.24) is 0 Å². The van der Waals surface area contributed by atoms with E-state index in [0.717, 1.165) is 24.9 Å². The van der Waals surface area contributed by atoms with Crippen molar-refractivity contribution in [3.8, 4) is 0 Å². The highest BCUT2D eigenvalue weighted by Gasteiger charge is 2.34. The summed E-state index contributed by atoms with van der Waals surface area (Å²) < 4.78 is 5.06. The number of ether oxygens (including phenoxy) is 1. The average molecular weight is 345 g/mol. The van der Waals surface area contributed by atoms with Crippen LogP contribution in [0.1, 0.15) is 49.4 Å². The van der Waals surface area contributed by atoms with Crippen LogP contribution in [0.3, 0.4) is 0 Å². The zero-order valence-corrected chi connectivity index (χ0v) is 15.1. The molecule has 1 saturated heterocycles. The Morgan fingerprint density at radius 2 is 1.92 bits per heavy atom. The minimum atomic E-state index is -0.395. The Labute approximate surface area is 149 Å². The first-order valence-corrected chi connectivity index (χ1v) is 9.57. The Morgan fingerprint density at radius 1 is 1.16 bits per heavy atom. The van der Waals surface area contributed by atoms with Crippen LogP contribution in [0.2, 0.25) is 0 Å². The molecule has 1 unspecified atom stereocenters. The number of piperidine rings is 1. The van der Waals surface area contributed by atoms with E-state index in [0.29, 0.717) is 24.4 Å². The number of quaternary nitrogens is 1. The van der Waals surface area contributed by atoms with Crippen LogP contribution in [0.15, 0.2) is 24.3 Å². The number of likely N-dealkylation sites (tertiary alicyclic amines) is 1. The lowest BCUT2D eigenvalue weighted by Crippen LogP contribution is -3.15. The SMILES string of the molecule is CCOC(=O)c1ccccc1NC(=O)C[NH+]1CC[C@@H]2CCCC[C@@H]2C1. The summed E-state index contributed by atoms with van der Waals surface area (Å²) in [5, 5.41) is 2.91. The van der Waals surface area contributed by atoms with Crippen LogP contribution in [0.4, 0.5) is 5.69 Å². The lowest BCUT2D eigenvalue weighted by molar-refractivity contribution is -0.902. The highest BCUT2D eigenvalue weighted by atomic mass is 16.5. The summed E-state index contributed by atoms with van der Waals surface area (Å²) in [5.74, 6) is 1.25. The van der Waals surface area contributed by atoms with Gasteiger partial charge in [-0.15, -0.1) is 0 Å². The van der Waals surface area contributed by atoms with E-state index in [1.165, 1.54) is 37.0 Å². The molecular weight excluding hydrogens is 316 g/mol. The van der Waals surface area contributed by atoms with Gasteiger partial charge in [-0.1, -0.05) is 25.0 Å². The van der Waals surface area contributed by atoms with Gasteiger partial charge >= 0.3 is 5.97 Å². The molecule has 1 aliphatic heterocycles. The number of rotatable bonds is 5. The highest BCUT2D eigenvalue weighted by Crippen LogP contribution is 2.32. The molecule has 3 atom stereocenters. The molecule has 5 nitrogen and oxygen atoms in total. The minimum Gasteiger partial charge on any atom is -0.462 e. The molecule has 0 radical (unpaired) electrons. The third kappa shape index (κ3) is 4.60. The Hall–Kier alpha value is -1.88. The topological polar surface area (TPSA) is 59.8 Å². The molecular formula is C20H29N2O3+. The van der Waals surface area contributed by atoms with E-state index >= 15 is 0 Å². The van der Waals surface area contributed by atoms with Crippen molar-refractivity contribution in [1.29, 1.82) is 0 Å². The molecule has 1 aliphatic carbocycles. The van der Waals surface area contributed by atoms with Gasteiger partial charge in [0.1, 0.15) is 0 Å². The molecule has 1 aromatic rings. The molecule has 2 N–H and O–H groups in total. The summed E-state index contributed by atoms with van der Waals surface area (Å²) in [6.07, 6.45) is 6.65. The fourth-order valence-electron chi connectivity index (χ4n) is 4.36. The van der Waals surface area contributed by atoms with E-state index in [9.17, 15) is 9.59 Å². The maximum absolute atomic E-state index is 12.5. The second-order valence-corrected chi connectivity index (χ2v) is 7.29. The van der Waals surface area contributed by atoms with E-state index < -0.39 is 5.97 Å². The third-order valence-corrected chi connectivity index (χ3v) is 5.59. The predicted octanol–water partition coefficient (Wildman–Crippen LogP) is 1.90. The number of hydrogen-bond donors (Lipinski definition) is 2. The van der Waals surface area contributed by atoms with Crippen molar-refractivity contribution in [3.05, 3.63) is 29.8 Å². The van der Waals surface area contributed by atoms with Gasteiger partial charge in [-0.05, 0) is 44.2 Å². The number of carbonyl (C=O) groups excluding carboxylic acids is 2. The smallest absolute Gasteiger partial charge is 0.340 e. The number of amides is 1. The van der Waals surface area contributed by atoms with Crippen molar-refractivity contribution in [2.45, 2.75) is 39.0 Å². The molecule has 1 saturated carbocycles. The van der Waals surface area contributed by atoms with E-state index in [2.05, 4.69) is 5.32 Å². The van der Waals surface area contributed by atoms with Crippen molar-refractivity contribution < 1.29 is 19.2 Å². The number of hydrogen-bond acceptors (Lipinski definition) is 3. The molecule has 0 bridgehead atoms. The van der Waals surface area contributed by atoms with Crippen molar-refractivity contribution in [2.75, 3.05) is 31.6 Å². The van der Waals surface area contributed by atoms with E-state index in [4.69, 9.17) is 4.74 Å². The molecule has 2 aliphatic rings. The Kier molecular flexibility index (Phi) is 6.08. The van der Waals surface area contributed by atoms with Gasteiger partial charge in [0.15, 0.2) is 6.54 Å². The van der Waals surface area contributed by atoms with Crippen LogP contribution in [-0.2, 0) is 9.53 Å². The zero-order chi connectivity index (χ0) is 17.6. The first kappa shape index (κ1) is 17.9. The van der Waals surface area contributed by atoms with Gasteiger partial charge < -0.3 is 15.0 Å². The maximum Gasteiger partial charge on any atom is 0.340 e. The largest absolute Gasteiger partial charge is 0.462 e. The number of benzene rings is 1. The van der Waals surface area contributed by atoms with Crippen molar-refractivity contribution >= 4 is 17.6 Å². The first-order valence-electron chi connectivity index (χ1n) is 9.57. The van der Waals surface area contributed by atoms with E-state index in [-0.39, 0.29) is 5.91 Å². The van der Waals surface area contributed by atoms with Crippen LogP contribution in [0, 0.1) is 11.8 Å². The summed E-state index contributed by atoms with van der Waals surface area (Å²) in [7, 11) is 0. The maximum atomic E-state index is 12.5. The zero-order valence-electron chi connectivity index (χ0n) is 15.1. The molecule has 2 fully saturated rings. The van der Waals surface area contributed by atoms with Gasteiger partial charge in [-0.25, -0.2) is 4.79 Å². The Bertz CT molecular complexity index is 617. The number of fused-ring (bicyclic) bond motifs is 1. The molecule has 1 amide bonds. The molecule has 0 aromatic heterocycles. The summed E-state index contributed by atoms with van der Waals surface area (Å²) >= 11 is 0. The number of para-hydroxylation sites is 1. The normalized spacial score (nSPS) is 25.7. The fourth-order valence-corrected chi connectivity index (χ4v) is 4.36. The van der Waals surface area contributed by atoms with Gasteiger partial charge in [0.05, 0.1) is 30.9 Å². The third-order valence-electron chi connectivity index (χ3n) is 5.59. The summed E-state index contributed by atoms with van der Waals surface area (Å²) in [6, 6.07) is 7.04. The number of anilines is 1. The van der Waals surface area contributed by atoms with Crippen LogP contribution in [0.25, 0.3) is 0 Å². The standard InChI is InChI=1S/C20H28N2O3/c1-2-25-20(24)17-9-5-6-10-18(17)21-19(23)14-22-12-11-15-7-3-4-8-16(15)13-22/h5-6,9-10,15-16H,2-4,7-8,11-14H2,1H3,(H,21,23)/p+1/t15-,16+/m0/s1. The minimum absolute atomic E-state index is 0.0268.